The molecular formula is C22H27FN2O3. The molecule has 1 atom stereocenters. The van der Waals surface area contributed by atoms with Gasteiger partial charge in [-0.3, -0.25) is 4.79 Å². The number of nitrogens with zero attached hydrogens (tertiary/aromatic N) is 1. The molecule has 0 heterocycles. The predicted molar refractivity (Wildman–Crippen MR) is 109 cm³/mol. The average Bonchev–Trinajstić information content (AvgIpc) is 2.67. The van der Waals surface area contributed by atoms with Gasteiger partial charge in [-0.15, -0.1) is 0 Å². The molecule has 0 spiro atoms. The molecular weight excluding hydrogens is 359 g/mol. The maximum Gasteiger partial charge on any atom is 0.251 e. The van der Waals surface area contributed by atoms with Gasteiger partial charge in [0.2, 0.25) is 0 Å². The Morgan fingerprint density at radius 1 is 1.21 bits per heavy atom. The molecule has 1 unspecified atom stereocenters. The fourth-order valence-corrected chi connectivity index (χ4v) is 3.03. The van der Waals surface area contributed by atoms with Crippen molar-refractivity contribution >= 4 is 12.0 Å². The molecule has 150 valence electrons. The molecule has 0 saturated heterocycles. The maximum absolute atomic E-state index is 13.6. The lowest BCUT2D eigenvalue weighted by Crippen LogP contribution is -2.34. The molecule has 0 radical (unpaired) electrons. The zero-order valence-corrected chi connectivity index (χ0v) is 17.0. The molecule has 6 heteroatoms. The number of amides is 1. The Bertz CT molecular complexity index is 850. The van der Waals surface area contributed by atoms with Gasteiger partial charge in [-0.05, 0) is 50.8 Å². The highest BCUT2D eigenvalue weighted by Crippen LogP contribution is 2.33. The third kappa shape index (κ3) is 5.10. The first kappa shape index (κ1) is 21.4. The van der Waals surface area contributed by atoms with Gasteiger partial charge in [0.05, 0.1) is 20.3 Å². The first-order valence-electron chi connectivity index (χ1n) is 9.00. The lowest BCUT2D eigenvalue weighted by molar-refractivity contribution is 0.0941. The zero-order chi connectivity index (χ0) is 20.7. The average molecular weight is 386 g/mol. The van der Waals surface area contributed by atoms with E-state index in [9.17, 15) is 9.18 Å². The summed E-state index contributed by atoms with van der Waals surface area (Å²) in [7, 11) is 6.88. The van der Waals surface area contributed by atoms with Crippen LogP contribution in [-0.2, 0) is 0 Å². The van der Waals surface area contributed by atoms with E-state index in [0.717, 1.165) is 11.1 Å². The van der Waals surface area contributed by atoms with Gasteiger partial charge in [0.25, 0.3) is 5.91 Å². The molecule has 28 heavy (non-hydrogen) atoms. The standard InChI is InChI=1S/C22H27FN2O3/c1-6-8-16-11-17(13-20(27-4)21(16)28-5)22(26)24-14-19(25(2)3)15-9-7-10-18(23)12-15/h6-13,19H,14H2,1-5H3,(H,24,26)/b8-6+. The van der Waals surface area contributed by atoms with Crippen molar-refractivity contribution in [1.29, 1.82) is 0 Å². The summed E-state index contributed by atoms with van der Waals surface area (Å²) in [5, 5.41) is 2.93. The Balaban J connectivity index is 2.25. The van der Waals surface area contributed by atoms with Crippen molar-refractivity contribution in [1.82, 2.24) is 10.2 Å². The Morgan fingerprint density at radius 3 is 2.54 bits per heavy atom. The van der Waals surface area contributed by atoms with Crippen LogP contribution in [0.2, 0.25) is 0 Å². The van der Waals surface area contributed by atoms with Crippen LogP contribution in [0.3, 0.4) is 0 Å². The molecule has 0 bridgehead atoms. The zero-order valence-electron chi connectivity index (χ0n) is 17.0. The summed E-state index contributed by atoms with van der Waals surface area (Å²) in [5.74, 6) is 0.516. The molecule has 1 amide bonds. The number of carbonyl (C=O) groups is 1. The number of likely N-dealkylation sites (N-methyl/N-ethyl adjacent to an activating group) is 1. The second kappa shape index (κ2) is 9.90. The highest BCUT2D eigenvalue weighted by atomic mass is 19.1. The number of halogens is 1. The lowest BCUT2D eigenvalue weighted by Gasteiger charge is -2.25. The van der Waals surface area contributed by atoms with Gasteiger partial charge in [-0.25, -0.2) is 4.39 Å². The molecule has 0 saturated carbocycles. The number of rotatable bonds is 8. The van der Waals surface area contributed by atoms with Crippen LogP contribution >= 0.6 is 0 Å². The monoisotopic (exact) mass is 386 g/mol. The number of methoxy groups -OCH3 is 2. The van der Waals surface area contributed by atoms with Crippen LogP contribution in [0.4, 0.5) is 4.39 Å². The van der Waals surface area contributed by atoms with Crippen molar-refractivity contribution in [3.8, 4) is 11.5 Å². The van der Waals surface area contributed by atoms with Gasteiger partial charge in [0.1, 0.15) is 5.82 Å². The van der Waals surface area contributed by atoms with Crippen molar-refractivity contribution in [2.24, 2.45) is 0 Å². The smallest absolute Gasteiger partial charge is 0.251 e. The summed E-state index contributed by atoms with van der Waals surface area (Å²) in [4.78, 5) is 14.7. The number of nitrogens with one attached hydrogen (secondary N) is 1. The van der Waals surface area contributed by atoms with E-state index < -0.39 is 0 Å². The summed E-state index contributed by atoms with van der Waals surface area (Å²) in [6.07, 6.45) is 3.72. The van der Waals surface area contributed by atoms with E-state index in [1.54, 1.807) is 25.3 Å². The number of allylic oxidation sites excluding steroid dienone is 1. The van der Waals surface area contributed by atoms with Crippen molar-refractivity contribution in [2.45, 2.75) is 13.0 Å². The first-order valence-corrected chi connectivity index (χ1v) is 9.00. The first-order chi connectivity index (χ1) is 13.4. The topological polar surface area (TPSA) is 50.8 Å². The summed E-state index contributed by atoms with van der Waals surface area (Å²) < 4.78 is 24.4. The SMILES string of the molecule is C/C=C/c1cc(C(=O)NCC(c2cccc(F)c2)N(C)C)cc(OC)c1OC. The molecule has 5 nitrogen and oxygen atoms in total. The van der Waals surface area contributed by atoms with Crippen molar-refractivity contribution in [3.05, 3.63) is 65.0 Å². The molecule has 0 aliphatic heterocycles. The van der Waals surface area contributed by atoms with Crippen LogP contribution < -0.4 is 14.8 Å². The molecule has 2 aromatic rings. The van der Waals surface area contributed by atoms with Gasteiger partial charge < -0.3 is 19.7 Å². The van der Waals surface area contributed by atoms with E-state index in [0.29, 0.717) is 23.6 Å². The number of ether oxygens (including phenoxy) is 2. The van der Waals surface area contributed by atoms with Gasteiger partial charge in [-0.2, -0.15) is 0 Å². The van der Waals surface area contributed by atoms with E-state index in [1.807, 2.05) is 44.1 Å². The normalized spacial score (nSPS) is 12.2. The van der Waals surface area contributed by atoms with Crippen LogP contribution in [0.15, 0.2) is 42.5 Å². The molecule has 1 N–H and O–H groups in total. The fourth-order valence-electron chi connectivity index (χ4n) is 3.03. The minimum absolute atomic E-state index is 0.158. The second-order valence-corrected chi connectivity index (χ2v) is 6.55. The number of hydrogen-bond acceptors (Lipinski definition) is 4. The Labute approximate surface area is 165 Å². The molecule has 0 aliphatic rings. The lowest BCUT2D eigenvalue weighted by atomic mass is 10.0. The fraction of sp³-hybridized carbons (Fsp3) is 0.318. The minimum atomic E-state index is -0.299. The van der Waals surface area contributed by atoms with E-state index >= 15 is 0 Å². The van der Waals surface area contributed by atoms with Crippen molar-refractivity contribution < 1.29 is 18.7 Å². The van der Waals surface area contributed by atoms with Gasteiger partial charge in [0.15, 0.2) is 11.5 Å². The quantitative estimate of drug-likeness (QED) is 0.747. The largest absolute Gasteiger partial charge is 0.493 e. The van der Waals surface area contributed by atoms with Gasteiger partial charge in [0, 0.05) is 17.7 Å². The van der Waals surface area contributed by atoms with Crippen LogP contribution in [0.5, 0.6) is 11.5 Å². The maximum atomic E-state index is 13.6. The van der Waals surface area contributed by atoms with Crippen LogP contribution in [0, 0.1) is 5.82 Å². The highest BCUT2D eigenvalue weighted by molar-refractivity contribution is 5.96. The summed E-state index contributed by atoms with van der Waals surface area (Å²) in [6.45, 7) is 2.22. The molecule has 0 aromatic heterocycles. The predicted octanol–water partition coefficient (Wildman–Crippen LogP) is 3.91. The number of hydrogen-bond donors (Lipinski definition) is 1. The molecule has 0 aliphatic carbocycles. The minimum Gasteiger partial charge on any atom is -0.493 e. The third-order valence-electron chi connectivity index (χ3n) is 4.43. The molecule has 2 aromatic carbocycles. The molecule has 0 fully saturated rings. The van der Waals surface area contributed by atoms with Gasteiger partial charge in [-0.1, -0.05) is 24.3 Å². The van der Waals surface area contributed by atoms with E-state index in [1.165, 1.54) is 19.2 Å². The van der Waals surface area contributed by atoms with Gasteiger partial charge >= 0.3 is 0 Å². The van der Waals surface area contributed by atoms with Crippen molar-refractivity contribution in [3.63, 3.8) is 0 Å². The number of benzene rings is 2. The summed E-state index contributed by atoms with van der Waals surface area (Å²) >= 11 is 0. The van der Waals surface area contributed by atoms with E-state index in [-0.39, 0.29) is 17.8 Å². The summed E-state index contributed by atoms with van der Waals surface area (Å²) in [6, 6.07) is 9.65. The molecule has 2 rings (SSSR count). The van der Waals surface area contributed by atoms with E-state index in [2.05, 4.69) is 5.32 Å². The summed E-state index contributed by atoms with van der Waals surface area (Å²) in [5.41, 5.74) is 2.01. The second-order valence-electron chi connectivity index (χ2n) is 6.55. The number of carbonyl (C=O) groups excluding carboxylic acids is 1. The van der Waals surface area contributed by atoms with E-state index in [4.69, 9.17) is 9.47 Å². The Hall–Kier alpha value is -2.86. The third-order valence-corrected chi connectivity index (χ3v) is 4.43. The highest BCUT2D eigenvalue weighted by Gasteiger charge is 2.19. The van der Waals surface area contributed by atoms with Crippen LogP contribution in [0.1, 0.15) is 34.5 Å². The van der Waals surface area contributed by atoms with Crippen molar-refractivity contribution in [2.75, 3.05) is 34.9 Å². The Morgan fingerprint density at radius 2 is 1.96 bits per heavy atom. The Kier molecular flexibility index (Phi) is 7.58. The van der Waals surface area contributed by atoms with Crippen LogP contribution in [-0.4, -0.2) is 45.7 Å². The van der Waals surface area contributed by atoms with Crippen LogP contribution in [0.25, 0.3) is 6.08 Å².